The van der Waals surface area contributed by atoms with E-state index >= 15 is 0 Å². The number of carbonyl (C=O) groups excluding carboxylic acids is 2. The fraction of sp³-hybridized carbons (Fsp3) is 0.300. The smallest absolute Gasteiger partial charge is 0.245 e. The number of likely N-dealkylation sites (N-methyl/N-ethyl adjacent to an activating group) is 1. The van der Waals surface area contributed by atoms with Crippen molar-refractivity contribution in [1.29, 1.82) is 0 Å². The number of amides is 2. The van der Waals surface area contributed by atoms with Crippen molar-refractivity contribution in [2.75, 3.05) is 33.1 Å². The second-order valence-electron chi connectivity index (χ2n) is 6.74. The zero-order valence-electron chi connectivity index (χ0n) is 17.3. The molecular formula is C20H21FN4O5S2. The average Bonchev–Trinajstić information content (AvgIpc) is 3.18. The molecule has 1 unspecified atom stereocenters. The Morgan fingerprint density at radius 3 is 2.62 bits per heavy atom. The normalized spacial score (nSPS) is 12.5. The summed E-state index contributed by atoms with van der Waals surface area (Å²) in [5.41, 5.74) is 1.92. The van der Waals surface area contributed by atoms with Crippen LogP contribution in [0.15, 0.2) is 36.5 Å². The lowest BCUT2D eigenvalue weighted by atomic mass is 10.1. The molecule has 0 saturated heterocycles. The Bertz CT molecular complexity index is 1230. The minimum absolute atomic E-state index is 0.0832. The number of hydrogen-bond donors (Lipinski definition) is 2. The lowest BCUT2D eigenvalue weighted by molar-refractivity contribution is -0.125. The van der Waals surface area contributed by atoms with Crippen molar-refractivity contribution in [3.05, 3.63) is 47.5 Å². The van der Waals surface area contributed by atoms with Gasteiger partial charge in [0, 0.05) is 25.9 Å². The monoisotopic (exact) mass is 480 g/mol. The van der Waals surface area contributed by atoms with Crippen LogP contribution in [0.1, 0.15) is 10.3 Å². The number of carbonyl (C=O) groups is 2. The largest absolute Gasteiger partial charge is 0.384 e. The first-order chi connectivity index (χ1) is 15.2. The zero-order chi connectivity index (χ0) is 23.3. The van der Waals surface area contributed by atoms with Gasteiger partial charge in [-0.1, -0.05) is 6.07 Å². The summed E-state index contributed by atoms with van der Waals surface area (Å²) >= 11 is 1.06. The molecule has 0 aliphatic carbocycles. The van der Waals surface area contributed by atoms with Crippen LogP contribution in [0.5, 0.6) is 0 Å². The summed E-state index contributed by atoms with van der Waals surface area (Å²) in [5, 5.41) is 3.20. The molecule has 0 fully saturated rings. The quantitative estimate of drug-likeness (QED) is 0.444. The van der Waals surface area contributed by atoms with Crippen LogP contribution in [0.25, 0.3) is 21.3 Å². The van der Waals surface area contributed by atoms with Gasteiger partial charge >= 0.3 is 0 Å². The number of pyridine rings is 1. The molecule has 170 valence electrons. The van der Waals surface area contributed by atoms with Gasteiger partial charge in [0.2, 0.25) is 17.8 Å². The maximum Gasteiger partial charge on any atom is 0.245 e. The van der Waals surface area contributed by atoms with Crippen LogP contribution >= 0.6 is 11.3 Å². The number of nitrogens with one attached hydrogen (secondary N) is 2. The van der Waals surface area contributed by atoms with Gasteiger partial charge in [-0.15, -0.1) is 11.3 Å². The molecule has 2 aromatic heterocycles. The Balaban J connectivity index is 1.99. The number of methoxy groups -OCH3 is 1. The third-order valence-electron chi connectivity index (χ3n) is 4.56. The third-order valence-corrected chi connectivity index (χ3v) is 7.68. The van der Waals surface area contributed by atoms with Gasteiger partial charge in [-0.2, -0.15) is 4.39 Å². The first-order valence-electron chi connectivity index (χ1n) is 9.46. The summed E-state index contributed by atoms with van der Waals surface area (Å²) < 4.78 is 44.5. The molecule has 0 bridgehead atoms. The number of aromatic nitrogens is 2. The third kappa shape index (κ3) is 5.44. The van der Waals surface area contributed by atoms with Gasteiger partial charge in [-0.05, 0) is 29.8 Å². The highest BCUT2D eigenvalue weighted by atomic mass is 32.2. The molecule has 0 aliphatic heterocycles. The molecule has 9 nitrogen and oxygen atoms in total. The standard InChI is InChI=1S/C20H21FN4O5S2/c1-22-17(26)11-24-19(27)18(32(28,29)8-7-30-2)20-25-14-5-3-12(9-15(14)31-20)13-4-6-16(21)23-10-13/h3-6,9-10,18H,7-8,11H2,1-2H3,(H,22,26)(H,24,27). The molecule has 12 heteroatoms. The molecular weight excluding hydrogens is 459 g/mol. The summed E-state index contributed by atoms with van der Waals surface area (Å²) in [6.45, 7) is -0.452. The average molecular weight is 481 g/mol. The topological polar surface area (TPSA) is 127 Å². The van der Waals surface area contributed by atoms with Gasteiger partial charge in [0.1, 0.15) is 5.01 Å². The lowest BCUT2D eigenvalue weighted by Gasteiger charge is -2.15. The fourth-order valence-electron chi connectivity index (χ4n) is 2.88. The van der Waals surface area contributed by atoms with Crippen LogP contribution in [-0.2, 0) is 24.2 Å². The summed E-state index contributed by atoms with van der Waals surface area (Å²) in [6, 6.07) is 8.03. The SMILES string of the molecule is CNC(=O)CNC(=O)C(c1nc2ccc(-c3ccc(F)nc3)cc2s1)S(=O)(=O)CCOC. The maximum absolute atomic E-state index is 13.1. The second-order valence-corrected chi connectivity index (χ2v) is 10.0. The number of nitrogens with zero attached hydrogens (tertiary/aromatic N) is 2. The highest BCUT2D eigenvalue weighted by molar-refractivity contribution is 7.92. The van der Waals surface area contributed by atoms with Crippen LogP contribution in [0.4, 0.5) is 4.39 Å². The second kappa shape index (κ2) is 10.1. The Kier molecular flexibility index (Phi) is 7.48. The number of thiazole rings is 1. The number of rotatable bonds is 9. The molecule has 2 N–H and O–H groups in total. The lowest BCUT2D eigenvalue weighted by Crippen LogP contribution is -2.40. The molecule has 0 aliphatic rings. The van der Waals surface area contributed by atoms with Crippen LogP contribution in [0.3, 0.4) is 0 Å². The van der Waals surface area contributed by atoms with Crippen molar-refractivity contribution < 1.29 is 27.1 Å². The molecule has 32 heavy (non-hydrogen) atoms. The van der Waals surface area contributed by atoms with E-state index in [9.17, 15) is 22.4 Å². The number of benzene rings is 1. The molecule has 1 aromatic carbocycles. The Morgan fingerprint density at radius 1 is 1.22 bits per heavy atom. The fourth-order valence-corrected chi connectivity index (χ4v) is 5.85. The first kappa shape index (κ1) is 23.7. The molecule has 2 heterocycles. The molecule has 3 aromatic rings. The molecule has 0 saturated carbocycles. The van der Waals surface area contributed by atoms with E-state index in [4.69, 9.17) is 4.74 Å². The van der Waals surface area contributed by atoms with Crippen molar-refractivity contribution in [3.63, 3.8) is 0 Å². The van der Waals surface area contributed by atoms with Gasteiger partial charge in [-0.3, -0.25) is 9.59 Å². The van der Waals surface area contributed by atoms with E-state index in [2.05, 4.69) is 20.6 Å². The first-order valence-corrected chi connectivity index (χ1v) is 12.0. The van der Waals surface area contributed by atoms with Crippen LogP contribution < -0.4 is 10.6 Å². The van der Waals surface area contributed by atoms with E-state index in [1.165, 1.54) is 26.4 Å². The Hall–Kier alpha value is -2.96. The summed E-state index contributed by atoms with van der Waals surface area (Å²) in [6.07, 6.45) is 1.39. The van der Waals surface area contributed by atoms with Crippen molar-refractivity contribution in [3.8, 4) is 11.1 Å². The van der Waals surface area contributed by atoms with Gasteiger partial charge in [0.25, 0.3) is 0 Å². The van der Waals surface area contributed by atoms with Crippen molar-refractivity contribution in [2.24, 2.45) is 0 Å². The number of fused-ring (bicyclic) bond motifs is 1. The van der Waals surface area contributed by atoms with E-state index in [1.807, 2.05) is 0 Å². The van der Waals surface area contributed by atoms with E-state index in [-0.39, 0.29) is 23.9 Å². The molecule has 2 amide bonds. The van der Waals surface area contributed by atoms with Gasteiger partial charge in [-0.25, -0.2) is 18.4 Å². The number of hydrogen-bond acceptors (Lipinski definition) is 8. The molecule has 0 radical (unpaired) electrons. The van der Waals surface area contributed by atoms with Gasteiger partial charge < -0.3 is 15.4 Å². The Labute approximate surface area is 187 Å². The minimum atomic E-state index is -3.98. The highest BCUT2D eigenvalue weighted by Crippen LogP contribution is 2.34. The van der Waals surface area contributed by atoms with Gasteiger partial charge in [0.15, 0.2) is 15.1 Å². The summed E-state index contributed by atoms with van der Waals surface area (Å²) in [4.78, 5) is 32.3. The highest BCUT2D eigenvalue weighted by Gasteiger charge is 2.36. The van der Waals surface area contributed by atoms with Crippen LogP contribution in [-0.4, -0.2) is 63.3 Å². The molecule has 1 atom stereocenters. The molecule has 0 spiro atoms. The van der Waals surface area contributed by atoms with Crippen molar-refractivity contribution >= 4 is 43.2 Å². The Morgan fingerprint density at radius 2 is 1.97 bits per heavy atom. The summed E-state index contributed by atoms with van der Waals surface area (Å²) in [7, 11) is -1.21. The zero-order valence-corrected chi connectivity index (χ0v) is 18.9. The van der Waals surface area contributed by atoms with Crippen LogP contribution in [0.2, 0.25) is 0 Å². The van der Waals surface area contributed by atoms with Gasteiger partial charge in [0.05, 0.1) is 29.1 Å². The maximum atomic E-state index is 13.1. The molecule has 3 rings (SSSR count). The number of halogens is 1. The van der Waals surface area contributed by atoms with E-state index in [0.29, 0.717) is 15.8 Å². The number of ether oxygens (including phenoxy) is 1. The summed E-state index contributed by atoms with van der Waals surface area (Å²) in [5.74, 6) is -2.29. The van der Waals surface area contributed by atoms with E-state index < -0.39 is 32.8 Å². The van der Waals surface area contributed by atoms with E-state index in [0.717, 1.165) is 16.9 Å². The number of sulfone groups is 1. The van der Waals surface area contributed by atoms with Crippen LogP contribution in [0, 0.1) is 5.95 Å². The minimum Gasteiger partial charge on any atom is -0.384 e. The predicted molar refractivity (Wildman–Crippen MR) is 118 cm³/mol. The van der Waals surface area contributed by atoms with Crippen molar-refractivity contribution in [2.45, 2.75) is 5.25 Å². The van der Waals surface area contributed by atoms with Crippen molar-refractivity contribution in [1.82, 2.24) is 20.6 Å². The predicted octanol–water partition coefficient (Wildman–Crippen LogP) is 1.46. The van der Waals surface area contributed by atoms with E-state index in [1.54, 1.807) is 24.3 Å².